The van der Waals surface area contributed by atoms with Crippen LogP contribution in [0, 0.1) is 5.41 Å². The van der Waals surface area contributed by atoms with Crippen LogP contribution in [0.15, 0.2) is 47.6 Å². The average Bonchev–Trinajstić information content (AvgIpc) is 2.84. The van der Waals surface area contributed by atoms with Crippen molar-refractivity contribution in [3.8, 4) is 0 Å². The number of nitrogens with two attached hydrogens (primary N) is 1. The van der Waals surface area contributed by atoms with Crippen molar-refractivity contribution >= 4 is 15.9 Å². The van der Waals surface area contributed by atoms with Crippen molar-refractivity contribution < 1.29 is 8.42 Å². The third kappa shape index (κ3) is 2.86. The summed E-state index contributed by atoms with van der Waals surface area (Å²) in [7, 11) is -2.28. The Morgan fingerprint density at radius 2 is 2.00 bits per heavy atom. The Balaban J connectivity index is 2.35. The smallest absolute Gasteiger partial charge is 0.258 e. The minimum atomic E-state index is -3.81. The van der Waals surface area contributed by atoms with E-state index in [-0.39, 0.29) is 10.9 Å². The number of nitrogens with one attached hydrogen (secondary N) is 2. The van der Waals surface area contributed by atoms with Crippen molar-refractivity contribution in [3.63, 3.8) is 0 Å². The van der Waals surface area contributed by atoms with Crippen molar-refractivity contribution in [3.05, 3.63) is 48.2 Å². The van der Waals surface area contributed by atoms with E-state index in [9.17, 15) is 8.42 Å². The minimum absolute atomic E-state index is 0.0136. The van der Waals surface area contributed by atoms with Crippen LogP contribution in [0.3, 0.4) is 0 Å². The molecule has 0 aliphatic heterocycles. The van der Waals surface area contributed by atoms with E-state index in [0.717, 1.165) is 0 Å². The lowest BCUT2D eigenvalue weighted by molar-refractivity contribution is 0.558. The normalized spacial score (nSPS) is 13.1. The van der Waals surface area contributed by atoms with Gasteiger partial charge >= 0.3 is 0 Å². The molecule has 2 rings (SSSR count). The van der Waals surface area contributed by atoms with Crippen LogP contribution in [0.25, 0.3) is 0 Å². The van der Waals surface area contributed by atoms with Gasteiger partial charge in [0.1, 0.15) is 11.9 Å². The van der Waals surface area contributed by atoms with Gasteiger partial charge in [-0.1, -0.05) is 30.3 Å². The summed E-state index contributed by atoms with van der Waals surface area (Å²) in [5.41, 5.74) is 6.10. The Kier molecular flexibility index (Phi) is 3.86. The van der Waals surface area contributed by atoms with E-state index in [1.807, 2.05) is 0 Å². The number of hydrogen-bond acceptors (Lipinski definition) is 4. The zero-order valence-electron chi connectivity index (χ0n) is 10.8. The van der Waals surface area contributed by atoms with Gasteiger partial charge in [0.05, 0.1) is 6.20 Å². The number of nitrogens with zero attached hydrogens (tertiary/aromatic N) is 2. The fraction of sp³-hybridized carbons (Fsp3) is 0.167. The topological polar surface area (TPSA) is 114 Å². The van der Waals surface area contributed by atoms with E-state index in [0.29, 0.717) is 5.56 Å². The number of aryl methyl sites for hydroxylation is 1. The number of rotatable bonds is 5. The summed E-state index contributed by atoms with van der Waals surface area (Å²) in [5, 5.41) is 11.4. The molecule has 0 fully saturated rings. The fourth-order valence-corrected chi connectivity index (χ4v) is 3.13. The Bertz CT molecular complexity index is 708. The highest BCUT2D eigenvalue weighted by Crippen LogP contribution is 2.16. The van der Waals surface area contributed by atoms with Gasteiger partial charge < -0.3 is 5.73 Å². The highest BCUT2D eigenvalue weighted by molar-refractivity contribution is 7.89. The monoisotopic (exact) mass is 293 g/mol. The third-order valence-electron chi connectivity index (χ3n) is 2.77. The molecule has 0 aliphatic rings. The Hall–Kier alpha value is -2.19. The molecule has 0 amide bonds. The van der Waals surface area contributed by atoms with E-state index in [1.54, 1.807) is 30.3 Å². The molecule has 0 bridgehead atoms. The fourth-order valence-electron chi connectivity index (χ4n) is 1.80. The summed E-state index contributed by atoms with van der Waals surface area (Å²) in [5.74, 6) is -0.276. The quantitative estimate of drug-likeness (QED) is 0.546. The van der Waals surface area contributed by atoms with E-state index in [4.69, 9.17) is 11.1 Å². The molecule has 4 N–H and O–H groups in total. The van der Waals surface area contributed by atoms with Gasteiger partial charge in [0.2, 0.25) is 0 Å². The zero-order chi connectivity index (χ0) is 14.8. The van der Waals surface area contributed by atoms with Crippen molar-refractivity contribution in [1.82, 2.24) is 14.5 Å². The van der Waals surface area contributed by atoms with Gasteiger partial charge in [0, 0.05) is 7.05 Å². The second-order valence-corrected chi connectivity index (χ2v) is 5.87. The van der Waals surface area contributed by atoms with Gasteiger partial charge in [-0.15, -0.1) is 0 Å². The van der Waals surface area contributed by atoms with Crippen LogP contribution < -0.4 is 10.5 Å². The number of amidine groups is 1. The Morgan fingerprint density at radius 3 is 2.50 bits per heavy atom. The van der Waals surface area contributed by atoms with E-state index >= 15 is 0 Å². The maximum atomic E-state index is 12.3. The summed E-state index contributed by atoms with van der Waals surface area (Å²) in [6.07, 6.45) is 1.39. The molecule has 0 saturated heterocycles. The molecule has 8 heteroatoms. The van der Waals surface area contributed by atoms with Gasteiger partial charge in [0.15, 0.2) is 5.03 Å². The maximum Gasteiger partial charge on any atom is 0.258 e. The number of benzene rings is 1. The Labute approximate surface area is 117 Å². The first kappa shape index (κ1) is 14.2. The maximum absolute atomic E-state index is 12.3. The molecule has 1 heterocycles. The molecule has 2 aromatic rings. The van der Waals surface area contributed by atoms with Crippen LogP contribution in [0.1, 0.15) is 11.6 Å². The van der Waals surface area contributed by atoms with Crippen LogP contribution in [0.4, 0.5) is 0 Å². The number of sulfonamides is 1. The van der Waals surface area contributed by atoms with E-state index in [1.165, 1.54) is 24.0 Å². The van der Waals surface area contributed by atoms with Gasteiger partial charge in [-0.2, -0.15) is 9.82 Å². The van der Waals surface area contributed by atoms with Crippen molar-refractivity contribution in [2.45, 2.75) is 11.1 Å². The van der Waals surface area contributed by atoms with Crippen LogP contribution in [-0.2, 0) is 17.1 Å². The zero-order valence-corrected chi connectivity index (χ0v) is 11.6. The van der Waals surface area contributed by atoms with E-state index in [2.05, 4.69) is 9.82 Å². The summed E-state index contributed by atoms with van der Waals surface area (Å²) < 4.78 is 28.2. The van der Waals surface area contributed by atoms with Crippen molar-refractivity contribution in [1.29, 1.82) is 5.41 Å². The second kappa shape index (κ2) is 5.43. The summed E-state index contributed by atoms with van der Waals surface area (Å²) >= 11 is 0. The van der Waals surface area contributed by atoms with E-state index < -0.39 is 16.1 Å². The first-order valence-electron chi connectivity index (χ1n) is 5.81. The minimum Gasteiger partial charge on any atom is -0.386 e. The molecule has 0 spiro atoms. The first-order chi connectivity index (χ1) is 9.42. The van der Waals surface area contributed by atoms with Gasteiger partial charge in [-0.3, -0.25) is 10.1 Å². The lowest BCUT2D eigenvalue weighted by Gasteiger charge is -2.17. The van der Waals surface area contributed by atoms with Gasteiger partial charge in [-0.05, 0) is 11.6 Å². The van der Waals surface area contributed by atoms with Crippen LogP contribution in [0.2, 0.25) is 0 Å². The summed E-state index contributed by atoms with van der Waals surface area (Å²) in [4.78, 5) is 0. The van der Waals surface area contributed by atoms with Gasteiger partial charge in [0.25, 0.3) is 10.0 Å². The SMILES string of the molecule is Cn1nccc1S(=O)(=O)NC(C(=N)N)c1ccccc1. The number of aromatic nitrogens is 2. The number of hydrogen-bond donors (Lipinski definition) is 3. The predicted octanol–water partition coefficient (Wildman–Crippen LogP) is 0.376. The molecule has 1 aromatic heterocycles. The Morgan fingerprint density at radius 1 is 1.35 bits per heavy atom. The third-order valence-corrected chi connectivity index (χ3v) is 4.27. The summed E-state index contributed by atoms with van der Waals surface area (Å²) in [6.45, 7) is 0. The standard InChI is InChI=1S/C12H15N5O2S/c1-17-10(7-8-15-17)20(18,19)16-11(12(13)14)9-5-3-2-4-6-9/h2-8,11,16H,1H3,(H3,13,14). The molecule has 1 atom stereocenters. The van der Waals surface area contributed by atoms with Crippen molar-refractivity contribution in [2.75, 3.05) is 0 Å². The molecule has 0 aliphatic carbocycles. The lowest BCUT2D eigenvalue weighted by Crippen LogP contribution is -2.37. The molecular weight excluding hydrogens is 278 g/mol. The molecule has 1 aromatic carbocycles. The average molecular weight is 293 g/mol. The highest BCUT2D eigenvalue weighted by atomic mass is 32.2. The molecule has 20 heavy (non-hydrogen) atoms. The van der Waals surface area contributed by atoms with Gasteiger partial charge in [-0.25, -0.2) is 8.42 Å². The molecule has 1 unspecified atom stereocenters. The lowest BCUT2D eigenvalue weighted by atomic mass is 10.1. The molecule has 0 saturated carbocycles. The molecular formula is C12H15N5O2S. The predicted molar refractivity (Wildman–Crippen MR) is 74.6 cm³/mol. The van der Waals surface area contributed by atoms with Crippen LogP contribution in [-0.4, -0.2) is 24.0 Å². The van der Waals surface area contributed by atoms with Crippen LogP contribution in [0.5, 0.6) is 0 Å². The van der Waals surface area contributed by atoms with Crippen molar-refractivity contribution in [2.24, 2.45) is 12.8 Å². The largest absolute Gasteiger partial charge is 0.386 e. The molecule has 7 nitrogen and oxygen atoms in total. The highest BCUT2D eigenvalue weighted by Gasteiger charge is 2.25. The molecule has 106 valence electrons. The second-order valence-electron chi connectivity index (χ2n) is 4.21. The first-order valence-corrected chi connectivity index (χ1v) is 7.29. The van der Waals surface area contributed by atoms with Crippen LogP contribution >= 0.6 is 0 Å². The molecule has 0 radical (unpaired) electrons. The summed E-state index contributed by atoms with van der Waals surface area (Å²) in [6, 6.07) is 9.19.